The molecule has 0 radical (unpaired) electrons. The number of sulfonamides is 1. The van der Waals surface area contributed by atoms with Crippen LogP contribution in [0.25, 0.3) is 0 Å². The summed E-state index contributed by atoms with van der Waals surface area (Å²) >= 11 is 0. The van der Waals surface area contributed by atoms with E-state index in [1.54, 1.807) is 12.1 Å². The molecule has 0 fully saturated rings. The van der Waals surface area contributed by atoms with Gasteiger partial charge in [-0.2, -0.15) is 0 Å². The van der Waals surface area contributed by atoms with Crippen LogP contribution in [0.5, 0.6) is 5.75 Å². The van der Waals surface area contributed by atoms with Gasteiger partial charge in [0.2, 0.25) is 10.0 Å². The molecule has 0 aliphatic carbocycles. The molecule has 6 nitrogen and oxygen atoms in total. The van der Waals surface area contributed by atoms with Crippen molar-refractivity contribution in [1.82, 2.24) is 0 Å². The molecule has 0 heterocycles. The summed E-state index contributed by atoms with van der Waals surface area (Å²) < 4.78 is 27.7. The first kappa shape index (κ1) is 15.3. The molecule has 7 heteroatoms. The Bertz CT molecular complexity index is 682. The van der Waals surface area contributed by atoms with Gasteiger partial charge in [-0.1, -0.05) is 0 Å². The highest BCUT2D eigenvalue weighted by molar-refractivity contribution is 7.89. The second-order valence-electron chi connectivity index (χ2n) is 4.36. The number of nitrogens with one attached hydrogen (secondary N) is 1. The monoisotopic (exact) mass is 307 g/mol. The average Bonchev–Trinajstić information content (AvgIpc) is 2.46. The zero-order valence-electron chi connectivity index (χ0n) is 11.3. The Hall–Kier alpha value is -2.09. The van der Waals surface area contributed by atoms with Crippen molar-refractivity contribution >= 4 is 21.4 Å². The van der Waals surface area contributed by atoms with Gasteiger partial charge < -0.3 is 15.8 Å². The second-order valence-corrected chi connectivity index (χ2v) is 5.92. The van der Waals surface area contributed by atoms with E-state index in [-0.39, 0.29) is 4.90 Å². The SMILES string of the molecule is NCCOc1ccc(Nc2ccc(S(N)(=O)=O)cc2)cc1. The number of primary sulfonamides is 1. The van der Waals surface area contributed by atoms with Crippen molar-refractivity contribution in [3.8, 4) is 5.75 Å². The van der Waals surface area contributed by atoms with Crippen molar-refractivity contribution in [2.75, 3.05) is 18.5 Å². The Labute approximate surface area is 123 Å². The fraction of sp³-hybridized carbons (Fsp3) is 0.143. The van der Waals surface area contributed by atoms with Crippen molar-refractivity contribution in [3.05, 3.63) is 48.5 Å². The second kappa shape index (κ2) is 6.57. The average molecular weight is 307 g/mol. The fourth-order valence-electron chi connectivity index (χ4n) is 1.71. The summed E-state index contributed by atoms with van der Waals surface area (Å²) in [5, 5.41) is 8.19. The summed E-state index contributed by atoms with van der Waals surface area (Å²) in [6.45, 7) is 0.943. The van der Waals surface area contributed by atoms with Gasteiger partial charge in [-0.05, 0) is 48.5 Å². The van der Waals surface area contributed by atoms with Gasteiger partial charge in [-0.25, -0.2) is 13.6 Å². The van der Waals surface area contributed by atoms with Crippen LogP contribution in [-0.2, 0) is 10.0 Å². The van der Waals surface area contributed by atoms with Gasteiger partial charge in [0, 0.05) is 17.9 Å². The number of hydrogen-bond acceptors (Lipinski definition) is 5. The molecular weight excluding hydrogens is 290 g/mol. The first-order chi connectivity index (χ1) is 9.99. The van der Waals surface area contributed by atoms with E-state index in [9.17, 15) is 8.42 Å². The van der Waals surface area contributed by atoms with Crippen LogP contribution in [0.1, 0.15) is 0 Å². The standard InChI is InChI=1S/C14H17N3O3S/c15-9-10-20-13-5-1-11(2-6-13)17-12-3-7-14(8-4-12)21(16,18)19/h1-8,17H,9-10,15H2,(H2,16,18,19). The number of anilines is 2. The Kier molecular flexibility index (Phi) is 4.79. The molecule has 0 unspecified atom stereocenters. The molecule has 5 N–H and O–H groups in total. The van der Waals surface area contributed by atoms with Crippen LogP contribution in [0.2, 0.25) is 0 Å². The van der Waals surface area contributed by atoms with Crippen LogP contribution in [0, 0.1) is 0 Å². The normalized spacial score (nSPS) is 11.1. The molecule has 0 saturated carbocycles. The minimum absolute atomic E-state index is 0.0820. The smallest absolute Gasteiger partial charge is 0.238 e. The van der Waals surface area contributed by atoms with Crippen LogP contribution >= 0.6 is 0 Å². The molecule has 2 rings (SSSR count). The summed E-state index contributed by atoms with van der Waals surface area (Å²) in [7, 11) is -3.66. The maximum atomic E-state index is 11.2. The summed E-state index contributed by atoms with van der Waals surface area (Å²) in [5.74, 6) is 0.746. The van der Waals surface area contributed by atoms with Crippen LogP contribution in [0.3, 0.4) is 0 Å². The topological polar surface area (TPSA) is 107 Å². The third-order valence-electron chi connectivity index (χ3n) is 2.71. The first-order valence-electron chi connectivity index (χ1n) is 6.32. The Balaban J connectivity index is 2.04. The summed E-state index contributed by atoms with van der Waals surface area (Å²) in [6, 6.07) is 13.6. The molecular formula is C14H17N3O3S. The molecule has 0 atom stereocenters. The van der Waals surface area contributed by atoms with E-state index in [1.807, 2.05) is 24.3 Å². The van der Waals surface area contributed by atoms with Gasteiger partial charge in [-0.15, -0.1) is 0 Å². The molecule has 0 spiro atoms. The zero-order valence-corrected chi connectivity index (χ0v) is 12.1. The molecule has 0 aliphatic heterocycles. The highest BCUT2D eigenvalue weighted by atomic mass is 32.2. The number of benzene rings is 2. The first-order valence-corrected chi connectivity index (χ1v) is 7.86. The molecule has 21 heavy (non-hydrogen) atoms. The predicted molar refractivity (Wildman–Crippen MR) is 82.1 cm³/mol. The van der Waals surface area contributed by atoms with Crippen molar-refractivity contribution in [2.45, 2.75) is 4.90 Å². The molecule has 112 valence electrons. The summed E-state index contributed by atoms with van der Waals surface area (Å²) in [6.07, 6.45) is 0. The Morgan fingerprint density at radius 3 is 1.95 bits per heavy atom. The molecule has 2 aromatic rings. The van der Waals surface area contributed by atoms with Crippen LogP contribution < -0.4 is 20.9 Å². The Morgan fingerprint density at radius 1 is 0.952 bits per heavy atom. The highest BCUT2D eigenvalue weighted by Gasteiger charge is 2.06. The van der Waals surface area contributed by atoms with Gasteiger partial charge in [0.25, 0.3) is 0 Å². The quantitative estimate of drug-likeness (QED) is 0.748. The molecule has 0 aromatic heterocycles. The van der Waals surface area contributed by atoms with E-state index in [4.69, 9.17) is 15.6 Å². The van der Waals surface area contributed by atoms with E-state index < -0.39 is 10.0 Å². The van der Waals surface area contributed by atoms with Crippen LogP contribution in [0.15, 0.2) is 53.4 Å². The summed E-state index contributed by atoms with van der Waals surface area (Å²) in [4.78, 5) is 0.0820. The van der Waals surface area contributed by atoms with Crippen LogP contribution in [0.4, 0.5) is 11.4 Å². The number of ether oxygens (including phenoxy) is 1. The number of hydrogen-bond donors (Lipinski definition) is 3. The largest absolute Gasteiger partial charge is 0.492 e. The third-order valence-corrected chi connectivity index (χ3v) is 3.64. The van der Waals surface area contributed by atoms with Crippen LogP contribution in [-0.4, -0.2) is 21.6 Å². The van der Waals surface area contributed by atoms with E-state index >= 15 is 0 Å². The molecule has 2 aromatic carbocycles. The molecule has 0 aliphatic rings. The van der Waals surface area contributed by atoms with E-state index in [0.717, 1.165) is 17.1 Å². The highest BCUT2D eigenvalue weighted by Crippen LogP contribution is 2.21. The molecule has 0 saturated heterocycles. The maximum absolute atomic E-state index is 11.2. The lowest BCUT2D eigenvalue weighted by molar-refractivity contribution is 0.328. The van der Waals surface area contributed by atoms with Crippen molar-refractivity contribution in [1.29, 1.82) is 0 Å². The molecule has 0 bridgehead atoms. The van der Waals surface area contributed by atoms with Gasteiger partial charge >= 0.3 is 0 Å². The van der Waals surface area contributed by atoms with Crippen molar-refractivity contribution < 1.29 is 13.2 Å². The predicted octanol–water partition coefficient (Wildman–Crippen LogP) is 1.42. The van der Waals surface area contributed by atoms with E-state index in [1.165, 1.54) is 12.1 Å². The van der Waals surface area contributed by atoms with E-state index in [2.05, 4.69) is 5.32 Å². The number of rotatable bonds is 6. The lowest BCUT2D eigenvalue weighted by atomic mass is 10.2. The minimum atomic E-state index is -3.66. The van der Waals surface area contributed by atoms with Gasteiger partial charge in [0.1, 0.15) is 12.4 Å². The Morgan fingerprint density at radius 2 is 1.48 bits per heavy atom. The van der Waals surface area contributed by atoms with Gasteiger partial charge in [0.15, 0.2) is 0 Å². The summed E-state index contributed by atoms with van der Waals surface area (Å²) in [5.41, 5.74) is 6.98. The van der Waals surface area contributed by atoms with Gasteiger partial charge in [0.05, 0.1) is 4.90 Å². The van der Waals surface area contributed by atoms with E-state index in [0.29, 0.717) is 13.2 Å². The maximum Gasteiger partial charge on any atom is 0.238 e. The van der Waals surface area contributed by atoms with Crippen molar-refractivity contribution in [2.24, 2.45) is 10.9 Å². The molecule has 0 amide bonds. The third kappa shape index (κ3) is 4.45. The fourth-order valence-corrected chi connectivity index (χ4v) is 2.22. The van der Waals surface area contributed by atoms with Gasteiger partial charge in [-0.3, -0.25) is 0 Å². The van der Waals surface area contributed by atoms with Crippen molar-refractivity contribution in [3.63, 3.8) is 0 Å². The zero-order chi connectivity index (χ0) is 15.3. The lowest BCUT2D eigenvalue weighted by Gasteiger charge is -2.09. The minimum Gasteiger partial charge on any atom is -0.492 e. The lowest BCUT2D eigenvalue weighted by Crippen LogP contribution is -2.11. The number of nitrogens with two attached hydrogens (primary N) is 2.